The number of carbonyl (C=O) groups excluding carboxylic acids is 2. The molecule has 0 aliphatic heterocycles. The summed E-state index contributed by atoms with van der Waals surface area (Å²) in [5.41, 5.74) is 1.68. The molecule has 6 heteroatoms. The van der Waals surface area contributed by atoms with Gasteiger partial charge in [0, 0.05) is 10.0 Å². The van der Waals surface area contributed by atoms with Crippen molar-refractivity contribution in [2.24, 2.45) is 11.8 Å². The number of hydrogen-bond donors (Lipinski definition) is 1. The van der Waals surface area contributed by atoms with E-state index in [1.54, 1.807) is 6.07 Å². The predicted molar refractivity (Wildman–Crippen MR) is 125 cm³/mol. The molecule has 31 heavy (non-hydrogen) atoms. The van der Waals surface area contributed by atoms with Crippen molar-refractivity contribution < 1.29 is 14.3 Å². The average molecular weight is 462 g/mol. The third kappa shape index (κ3) is 5.61. The predicted octanol–water partition coefficient (Wildman–Crippen LogP) is 6.08. The second kappa shape index (κ2) is 10.1. The Labute approximate surface area is 194 Å². The van der Waals surface area contributed by atoms with Gasteiger partial charge >= 0.3 is 5.97 Å². The van der Waals surface area contributed by atoms with E-state index >= 15 is 0 Å². The van der Waals surface area contributed by atoms with Crippen LogP contribution in [0.3, 0.4) is 0 Å². The maximum Gasteiger partial charge on any atom is 0.331 e. The van der Waals surface area contributed by atoms with Crippen LogP contribution in [0.5, 0.6) is 0 Å². The molecule has 1 amide bonds. The van der Waals surface area contributed by atoms with E-state index in [9.17, 15) is 9.59 Å². The van der Waals surface area contributed by atoms with E-state index in [0.717, 1.165) is 24.0 Å². The van der Waals surface area contributed by atoms with Crippen molar-refractivity contribution in [1.29, 1.82) is 0 Å². The zero-order chi connectivity index (χ0) is 22.6. The summed E-state index contributed by atoms with van der Waals surface area (Å²) in [7, 11) is 1.37. The molecule has 0 bridgehead atoms. The first-order chi connectivity index (χ1) is 14.7. The first-order valence-electron chi connectivity index (χ1n) is 10.7. The summed E-state index contributed by atoms with van der Waals surface area (Å²) < 4.78 is 5.06. The number of rotatable bonds is 6. The van der Waals surface area contributed by atoms with Gasteiger partial charge in [-0.3, -0.25) is 4.79 Å². The van der Waals surface area contributed by atoms with Crippen LogP contribution >= 0.6 is 23.2 Å². The Bertz CT molecular complexity index is 932. The second-order valence-electron chi connectivity index (χ2n) is 8.69. The molecule has 166 valence electrons. The lowest BCUT2D eigenvalue weighted by atomic mass is 9.72. The smallest absolute Gasteiger partial charge is 0.331 e. The van der Waals surface area contributed by atoms with E-state index < -0.39 is 5.54 Å². The van der Waals surface area contributed by atoms with Crippen molar-refractivity contribution in [3.05, 3.63) is 58.1 Å². The van der Waals surface area contributed by atoms with Gasteiger partial charge in [-0.2, -0.15) is 0 Å². The lowest BCUT2D eigenvalue weighted by molar-refractivity contribution is -0.153. The first-order valence-corrected chi connectivity index (χ1v) is 11.4. The molecule has 1 aliphatic rings. The summed E-state index contributed by atoms with van der Waals surface area (Å²) in [4.78, 5) is 25.6. The number of carbonyl (C=O) groups is 2. The molecular formula is C25H29Cl2NO3. The summed E-state index contributed by atoms with van der Waals surface area (Å²) in [5, 5.41) is 4.18. The van der Waals surface area contributed by atoms with Gasteiger partial charge in [0.1, 0.15) is 5.54 Å². The minimum absolute atomic E-state index is 0.0899. The number of amides is 1. The average Bonchev–Trinajstić information content (AvgIpc) is 2.75. The summed E-state index contributed by atoms with van der Waals surface area (Å²) in [6.45, 7) is 4.40. The number of methoxy groups -OCH3 is 1. The Hall–Kier alpha value is -2.04. The fourth-order valence-electron chi connectivity index (χ4n) is 4.39. The van der Waals surface area contributed by atoms with E-state index in [1.807, 2.05) is 36.4 Å². The van der Waals surface area contributed by atoms with Crippen molar-refractivity contribution >= 4 is 35.1 Å². The second-order valence-corrected chi connectivity index (χ2v) is 9.54. The van der Waals surface area contributed by atoms with Crippen molar-refractivity contribution in [3.63, 3.8) is 0 Å². The zero-order valence-electron chi connectivity index (χ0n) is 18.2. The Morgan fingerprint density at radius 1 is 1.06 bits per heavy atom. The fraction of sp³-hybridized carbons (Fsp3) is 0.440. The van der Waals surface area contributed by atoms with Crippen LogP contribution in [0, 0.1) is 11.8 Å². The normalized spacial score (nSPS) is 21.0. The van der Waals surface area contributed by atoms with E-state index in [-0.39, 0.29) is 18.3 Å². The number of halogens is 2. The molecule has 4 nitrogen and oxygen atoms in total. The van der Waals surface area contributed by atoms with Crippen LogP contribution in [-0.4, -0.2) is 24.5 Å². The van der Waals surface area contributed by atoms with Gasteiger partial charge in [0.25, 0.3) is 0 Å². The molecular weight excluding hydrogens is 433 g/mol. The Kier molecular flexibility index (Phi) is 7.66. The number of nitrogens with one attached hydrogen (secondary N) is 1. The third-order valence-corrected chi connectivity index (χ3v) is 6.98. The molecule has 1 N–H and O–H groups in total. The van der Waals surface area contributed by atoms with Crippen molar-refractivity contribution in [3.8, 4) is 11.1 Å². The molecule has 0 heterocycles. The van der Waals surface area contributed by atoms with Crippen LogP contribution in [0.4, 0.5) is 0 Å². The van der Waals surface area contributed by atoms with Gasteiger partial charge in [0.05, 0.1) is 13.5 Å². The maximum absolute atomic E-state index is 13.0. The number of hydrogen-bond acceptors (Lipinski definition) is 3. The highest BCUT2D eigenvalue weighted by Crippen LogP contribution is 2.37. The van der Waals surface area contributed by atoms with Gasteiger partial charge in [0.15, 0.2) is 0 Å². The van der Waals surface area contributed by atoms with Crippen molar-refractivity contribution in [2.45, 2.75) is 51.5 Å². The lowest BCUT2D eigenvalue weighted by Crippen LogP contribution is -2.57. The van der Waals surface area contributed by atoms with Crippen LogP contribution in [0.25, 0.3) is 11.1 Å². The molecule has 1 aliphatic carbocycles. The van der Waals surface area contributed by atoms with Crippen LogP contribution in [-0.2, 0) is 20.7 Å². The van der Waals surface area contributed by atoms with Gasteiger partial charge in [0.2, 0.25) is 5.91 Å². The van der Waals surface area contributed by atoms with E-state index in [4.69, 9.17) is 27.9 Å². The highest BCUT2D eigenvalue weighted by molar-refractivity contribution is 6.31. The van der Waals surface area contributed by atoms with Crippen LogP contribution < -0.4 is 5.32 Å². The molecule has 0 spiro atoms. The van der Waals surface area contributed by atoms with Crippen LogP contribution in [0.15, 0.2) is 42.5 Å². The maximum atomic E-state index is 13.0. The summed E-state index contributed by atoms with van der Waals surface area (Å²) in [5.74, 6) is 0.508. The summed E-state index contributed by atoms with van der Waals surface area (Å²) in [6.07, 6.45) is 3.05. The van der Waals surface area contributed by atoms with Gasteiger partial charge in [-0.1, -0.05) is 55.2 Å². The number of benzene rings is 2. The molecule has 2 aromatic rings. The molecule has 0 unspecified atom stereocenters. The molecule has 0 radical (unpaired) electrons. The number of esters is 1. The highest BCUT2D eigenvalue weighted by Gasteiger charge is 2.44. The van der Waals surface area contributed by atoms with E-state index in [0.29, 0.717) is 40.3 Å². The standard InChI is InChI=1S/C25H29Cl2NO3/c1-16(2)17-10-12-25(13-11-17,24(30)31-3)28-23(29)15-20-14-19(6-9-22(20)27)18-4-7-21(26)8-5-18/h4-9,14,16-17H,10-13,15H2,1-3H3,(H,28,29). The van der Waals surface area contributed by atoms with Crippen molar-refractivity contribution in [2.75, 3.05) is 7.11 Å². The minimum Gasteiger partial charge on any atom is -0.467 e. The summed E-state index contributed by atoms with van der Waals surface area (Å²) >= 11 is 12.4. The molecule has 3 rings (SSSR count). The lowest BCUT2D eigenvalue weighted by Gasteiger charge is -2.39. The molecule has 0 saturated heterocycles. The number of ether oxygens (including phenoxy) is 1. The SMILES string of the molecule is COC(=O)C1(NC(=O)Cc2cc(-c3ccc(Cl)cc3)ccc2Cl)CCC(C(C)C)CC1. The molecule has 1 saturated carbocycles. The van der Waals surface area contributed by atoms with Gasteiger partial charge in [-0.05, 0) is 78.5 Å². The van der Waals surface area contributed by atoms with Crippen molar-refractivity contribution in [1.82, 2.24) is 5.32 Å². The van der Waals surface area contributed by atoms with Gasteiger partial charge < -0.3 is 10.1 Å². The highest BCUT2D eigenvalue weighted by atomic mass is 35.5. The van der Waals surface area contributed by atoms with Crippen LogP contribution in [0.1, 0.15) is 45.1 Å². The topological polar surface area (TPSA) is 55.4 Å². The molecule has 1 fully saturated rings. The monoisotopic (exact) mass is 461 g/mol. The quantitative estimate of drug-likeness (QED) is 0.530. The van der Waals surface area contributed by atoms with E-state index in [1.165, 1.54) is 7.11 Å². The zero-order valence-corrected chi connectivity index (χ0v) is 19.7. The first kappa shape index (κ1) is 23.6. The molecule has 0 atom stereocenters. The summed E-state index contributed by atoms with van der Waals surface area (Å²) in [6, 6.07) is 13.1. The van der Waals surface area contributed by atoms with Crippen LogP contribution in [0.2, 0.25) is 10.0 Å². The Morgan fingerprint density at radius 3 is 2.26 bits per heavy atom. The molecule has 0 aromatic heterocycles. The third-order valence-electron chi connectivity index (χ3n) is 6.36. The minimum atomic E-state index is -0.961. The van der Waals surface area contributed by atoms with Gasteiger partial charge in [-0.25, -0.2) is 4.79 Å². The van der Waals surface area contributed by atoms with Gasteiger partial charge in [-0.15, -0.1) is 0 Å². The Balaban J connectivity index is 1.76. The fourth-order valence-corrected chi connectivity index (χ4v) is 4.70. The molecule has 2 aromatic carbocycles. The largest absolute Gasteiger partial charge is 0.467 e. The van der Waals surface area contributed by atoms with E-state index in [2.05, 4.69) is 19.2 Å². The Morgan fingerprint density at radius 2 is 1.68 bits per heavy atom.